The summed E-state index contributed by atoms with van der Waals surface area (Å²) in [5, 5.41) is 9.44. The van der Waals surface area contributed by atoms with E-state index in [1.54, 1.807) is 6.20 Å². The van der Waals surface area contributed by atoms with Gasteiger partial charge in [-0.2, -0.15) is 0 Å². The lowest BCUT2D eigenvalue weighted by molar-refractivity contribution is 0.110. The Balaban J connectivity index is 1.18. The topological polar surface area (TPSA) is 88.9 Å². The molecular weight excluding hydrogens is 486 g/mol. The molecule has 1 saturated heterocycles. The van der Waals surface area contributed by atoms with Crippen LogP contribution in [-0.4, -0.2) is 50.6 Å². The fraction of sp³-hybridized carbons (Fsp3) is 0.438. The molecule has 2 aliphatic rings. The summed E-state index contributed by atoms with van der Waals surface area (Å²) in [6, 6.07) is 18.3. The normalized spacial score (nSPS) is 20.8. The molecule has 1 saturated carbocycles. The van der Waals surface area contributed by atoms with Gasteiger partial charge in [0.2, 0.25) is 0 Å². The maximum absolute atomic E-state index is 9.44. The number of aliphatic hydroxyl groups is 1. The van der Waals surface area contributed by atoms with Gasteiger partial charge in [0.1, 0.15) is 35.2 Å². The van der Waals surface area contributed by atoms with Crippen LogP contribution in [0.5, 0.6) is 5.75 Å². The molecule has 0 amide bonds. The third kappa shape index (κ3) is 5.80. The molecule has 2 aromatic heterocycles. The van der Waals surface area contributed by atoms with Crippen LogP contribution in [0.15, 0.2) is 67.0 Å². The van der Waals surface area contributed by atoms with Crippen LogP contribution in [0.25, 0.3) is 16.8 Å². The van der Waals surface area contributed by atoms with E-state index in [0.29, 0.717) is 30.9 Å². The molecule has 7 heteroatoms. The molecule has 0 radical (unpaired) electrons. The number of rotatable bonds is 8. The first-order chi connectivity index (χ1) is 19.2. The Kier molecular flexibility index (Phi) is 7.79. The largest absolute Gasteiger partial charge is 0.489 e. The molecule has 2 fully saturated rings. The number of aliphatic hydroxyl groups excluding tert-OH is 1. The Morgan fingerprint density at radius 3 is 2.49 bits per heavy atom. The molecule has 6 rings (SSSR count). The molecule has 0 unspecified atom stereocenters. The van der Waals surface area contributed by atoms with Crippen LogP contribution in [0, 0.1) is 11.8 Å². The summed E-state index contributed by atoms with van der Waals surface area (Å²) in [7, 11) is 0. The molecule has 3 N–H and O–H groups in total. The van der Waals surface area contributed by atoms with Crippen molar-refractivity contribution in [2.75, 3.05) is 32.0 Å². The summed E-state index contributed by atoms with van der Waals surface area (Å²) in [5.74, 6) is 4.04. The van der Waals surface area contributed by atoms with Crippen LogP contribution < -0.4 is 10.5 Å². The van der Waals surface area contributed by atoms with E-state index in [1.807, 2.05) is 36.5 Å². The zero-order valence-corrected chi connectivity index (χ0v) is 22.6. The fourth-order valence-electron chi connectivity index (χ4n) is 6.37. The SMILES string of the molecule is Nc1nccn2c(C3CCC(CN4CCC(CO)CC4)CC3)nc(-c3cccc(OCc4ccccc4)c3)c12. The molecule has 0 atom stereocenters. The Bertz CT molecular complexity index is 1370. The zero-order chi connectivity index (χ0) is 26.6. The van der Waals surface area contributed by atoms with E-state index in [4.69, 9.17) is 15.5 Å². The lowest BCUT2D eigenvalue weighted by Crippen LogP contribution is -2.38. The first-order valence-corrected chi connectivity index (χ1v) is 14.4. The monoisotopic (exact) mass is 525 g/mol. The number of benzene rings is 2. The van der Waals surface area contributed by atoms with Gasteiger partial charge in [-0.25, -0.2) is 9.97 Å². The van der Waals surface area contributed by atoms with Gasteiger partial charge in [-0.1, -0.05) is 42.5 Å². The minimum atomic E-state index is 0.338. The minimum absolute atomic E-state index is 0.338. The van der Waals surface area contributed by atoms with Gasteiger partial charge in [0, 0.05) is 37.0 Å². The smallest absolute Gasteiger partial charge is 0.150 e. The summed E-state index contributed by atoms with van der Waals surface area (Å²) in [6.07, 6.45) is 10.8. The average molecular weight is 526 g/mol. The van der Waals surface area contributed by atoms with Crippen LogP contribution in [0.2, 0.25) is 0 Å². The number of likely N-dealkylation sites (tertiary alicyclic amines) is 1. The first kappa shape index (κ1) is 25.8. The van der Waals surface area contributed by atoms with E-state index in [2.05, 4.69) is 38.6 Å². The van der Waals surface area contributed by atoms with Crippen LogP contribution in [-0.2, 0) is 6.61 Å². The molecule has 0 bridgehead atoms. The number of nitrogen functional groups attached to an aromatic ring is 1. The molecular formula is C32H39N5O2. The highest BCUT2D eigenvalue weighted by atomic mass is 16.5. The molecule has 3 heterocycles. The van der Waals surface area contributed by atoms with Crippen LogP contribution >= 0.6 is 0 Å². The number of aromatic nitrogens is 3. The molecule has 7 nitrogen and oxygen atoms in total. The number of ether oxygens (including phenoxy) is 1. The molecule has 39 heavy (non-hydrogen) atoms. The lowest BCUT2D eigenvalue weighted by atomic mass is 9.81. The summed E-state index contributed by atoms with van der Waals surface area (Å²) in [6.45, 7) is 4.29. The van der Waals surface area contributed by atoms with Crippen molar-refractivity contribution in [3.63, 3.8) is 0 Å². The maximum Gasteiger partial charge on any atom is 0.150 e. The zero-order valence-electron chi connectivity index (χ0n) is 22.6. The van der Waals surface area contributed by atoms with Gasteiger partial charge >= 0.3 is 0 Å². The lowest BCUT2D eigenvalue weighted by Gasteiger charge is -2.36. The van der Waals surface area contributed by atoms with E-state index in [-0.39, 0.29) is 0 Å². The summed E-state index contributed by atoms with van der Waals surface area (Å²) in [4.78, 5) is 12.2. The van der Waals surface area contributed by atoms with Gasteiger partial charge in [-0.3, -0.25) is 4.40 Å². The van der Waals surface area contributed by atoms with Crippen LogP contribution in [0.1, 0.15) is 55.8 Å². The Labute approximate surface area is 230 Å². The van der Waals surface area contributed by atoms with Crippen molar-refractivity contribution >= 4 is 11.3 Å². The molecule has 2 aromatic carbocycles. The van der Waals surface area contributed by atoms with Crippen molar-refractivity contribution in [3.05, 3.63) is 78.4 Å². The third-order valence-electron chi connectivity index (χ3n) is 8.66. The van der Waals surface area contributed by atoms with E-state index in [9.17, 15) is 5.11 Å². The van der Waals surface area contributed by atoms with Crippen molar-refractivity contribution in [2.45, 2.75) is 51.0 Å². The van der Waals surface area contributed by atoms with Gasteiger partial charge in [-0.05, 0) is 81.1 Å². The molecule has 204 valence electrons. The van der Waals surface area contributed by atoms with Crippen molar-refractivity contribution in [1.82, 2.24) is 19.3 Å². The van der Waals surface area contributed by atoms with Gasteiger partial charge < -0.3 is 20.5 Å². The van der Waals surface area contributed by atoms with Crippen molar-refractivity contribution in [3.8, 4) is 17.0 Å². The maximum atomic E-state index is 9.44. The second-order valence-corrected chi connectivity index (χ2v) is 11.3. The van der Waals surface area contributed by atoms with E-state index in [0.717, 1.165) is 78.6 Å². The van der Waals surface area contributed by atoms with E-state index >= 15 is 0 Å². The van der Waals surface area contributed by atoms with Gasteiger partial charge in [0.05, 0.1) is 0 Å². The van der Waals surface area contributed by atoms with Gasteiger partial charge in [0.25, 0.3) is 0 Å². The molecule has 1 aliphatic heterocycles. The summed E-state index contributed by atoms with van der Waals surface area (Å²) >= 11 is 0. The second-order valence-electron chi connectivity index (χ2n) is 11.3. The Morgan fingerprint density at radius 1 is 0.923 bits per heavy atom. The predicted molar refractivity (Wildman–Crippen MR) is 155 cm³/mol. The second kappa shape index (κ2) is 11.8. The molecule has 4 aromatic rings. The number of nitrogens with two attached hydrogens (primary N) is 1. The highest BCUT2D eigenvalue weighted by molar-refractivity contribution is 5.85. The summed E-state index contributed by atoms with van der Waals surface area (Å²) in [5.41, 5.74) is 10.3. The third-order valence-corrected chi connectivity index (χ3v) is 8.66. The van der Waals surface area contributed by atoms with Crippen molar-refractivity contribution < 1.29 is 9.84 Å². The first-order valence-electron chi connectivity index (χ1n) is 14.4. The number of imidazole rings is 1. The van der Waals surface area contributed by atoms with Crippen molar-refractivity contribution in [2.24, 2.45) is 11.8 Å². The Hall–Kier alpha value is -3.42. The number of anilines is 1. The van der Waals surface area contributed by atoms with Crippen LogP contribution in [0.3, 0.4) is 0 Å². The number of hydrogen-bond acceptors (Lipinski definition) is 6. The highest BCUT2D eigenvalue weighted by Crippen LogP contribution is 2.39. The number of piperidine rings is 1. The Morgan fingerprint density at radius 2 is 1.72 bits per heavy atom. The van der Waals surface area contributed by atoms with Crippen molar-refractivity contribution in [1.29, 1.82) is 0 Å². The summed E-state index contributed by atoms with van der Waals surface area (Å²) < 4.78 is 8.27. The number of nitrogens with zero attached hydrogens (tertiary/aromatic N) is 4. The predicted octanol–water partition coefficient (Wildman–Crippen LogP) is 5.54. The average Bonchev–Trinajstić information content (AvgIpc) is 3.39. The van der Waals surface area contributed by atoms with E-state index in [1.165, 1.54) is 19.4 Å². The van der Waals surface area contributed by atoms with Crippen LogP contribution in [0.4, 0.5) is 5.82 Å². The molecule has 1 aliphatic carbocycles. The fourth-order valence-corrected chi connectivity index (χ4v) is 6.37. The van der Waals surface area contributed by atoms with Gasteiger partial charge in [-0.15, -0.1) is 0 Å². The standard InChI is InChI=1S/C32H39N5O2/c33-31-30-29(27-7-4-8-28(19-27)39-22-25-5-2-1-3-6-25)35-32(37(30)18-15-34-31)26-11-9-23(10-12-26)20-36-16-13-24(21-38)14-17-36/h1-8,15,18-19,23-24,26,38H,9-14,16-17,20-22H2,(H2,33,34). The quantitative estimate of drug-likeness (QED) is 0.314. The van der Waals surface area contributed by atoms with Gasteiger partial charge in [0.15, 0.2) is 0 Å². The van der Waals surface area contributed by atoms with E-state index < -0.39 is 0 Å². The number of hydrogen-bond donors (Lipinski definition) is 2. The minimum Gasteiger partial charge on any atom is -0.489 e. The molecule has 0 spiro atoms. The highest BCUT2D eigenvalue weighted by Gasteiger charge is 2.29. The number of fused-ring (bicyclic) bond motifs is 1.